The number of fused-ring (bicyclic) bond motifs is 1. The summed E-state index contributed by atoms with van der Waals surface area (Å²) in [6.07, 6.45) is 1.34. The van der Waals surface area contributed by atoms with Crippen LogP contribution in [0.2, 0.25) is 0 Å². The summed E-state index contributed by atoms with van der Waals surface area (Å²) >= 11 is 0.992. The van der Waals surface area contributed by atoms with Crippen molar-refractivity contribution in [3.63, 3.8) is 0 Å². The number of nitro benzene ring substituents is 1. The number of benzene rings is 1. The van der Waals surface area contributed by atoms with Gasteiger partial charge in [0.1, 0.15) is 12.1 Å². The molecule has 35 heavy (non-hydrogen) atoms. The Bertz CT molecular complexity index is 1000. The number of hydrogen-bond acceptors (Lipinski definition) is 9. The van der Waals surface area contributed by atoms with E-state index < -0.39 is 59.6 Å². The SMILES string of the molecule is NCCCC[C@@H]1NC(=O)c2cc([N+](=O)[O-])ccc2SC[C@@H](C(=O)NCC(N)=O)NC(=O)CNC1=O. The number of primary amides is 1. The van der Waals surface area contributed by atoms with Crippen LogP contribution in [0.3, 0.4) is 0 Å². The van der Waals surface area contributed by atoms with Crippen molar-refractivity contribution in [1.29, 1.82) is 0 Å². The second kappa shape index (κ2) is 13.2. The van der Waals surface area contributed by atoms with E-state index in [9.17, 15) is 34.1 Å². The maximum Gasteiger partial charge on any atom is 0.270 e. The Hall–Kier alpha value is -3.72. The minimum Gasteiger partial charge on any atom is -0.368 e. The number of nitrogens with zero attached hydrogens (tertiary/aromatic N) is 1. The van der Waals surface area contributed by atoms with E-state index in [1.807, 2.05) is 0 Å². The van der Waals surface area contributed by atoms with Gasteiger partial charge in [0, 0.05) is 22.8 Å². The molecule has 15 heteroatoms. The fraction of sp³-hybridized carbons (Fsp3) is 0.450. The molecule has 0 saturated heterocycles. The number of unbranched alkanes of at least 4 members (excludes halogenated alkanes) is 1. The Morgan fingerprint density at radius 2 is 1.94 bits per heavy atom. The molecule has 0 spiro atoms. The smallest absolute Gasteiger partial charge is 0.270 e. The molecule has 0 bridgehead atoms. The predicted octanol–water partition coefficient (Wildman–Crippen LogP) is -1.87. The highest BCUT2D eigenvalue weighted by atomic mass is 32.2. The number of non-ortho nitro benzene ring substituents is 1. The highest BCUT2D eigenvalue weighted by molar-refractivity contribution is 7.99. The first kappa shape index (κ1) is 27.5. The molecule has 0 unspecified atom stereocenters. The monoisotopic (exact) mass is 509 g/mol. The van der Waals surface area contributed by atoms with E-state index in [0.717, 1.165) is 17.8 Å². The van der Waals surface area contributed by atoms with Gasteiger partial charge in [-0.3, -0.25) is 34.1 Å². The third-order valence-electron chi connectivity index (χ3n) is 4.90. The Balaban J connectivity index is 2.40. The molecule has 0 aliphatic carbocycles. The Morgan fingerprint density at radius 3 is 2.60 bits per heavy atom. The zero-order valence-electron chi connectivity index (χ0n) is 18.7. The van der Waals surface area contributed by atoms with Crippen molar-refractivity contribution < 1.29 is 28.9 Å². The zero-order chi connectivity index (χ0) is 26.0. The summed E-state index contributed by atoms with van der Waals surface area (Å²) in [6, 6.07) is 1.45. The molecule has 1 aromatic rings. The van der Waals surface area contributed by atoms with Gasteiger partial charge in [0.25, 0.3) is 11.6 Å². The average Bonchev–Trinajstić information content (AvgIpc) is 2.82. The minimum absolute atomic E-state index is 0.0670. The van der Waals surface area contributed by atoms with Gasteiger partial charge in [0.2, 0.25) is 23.6 Å². The van der Waals surface area contributed by atoms with Crippen LogP contribution in [0.4, 0.5) is 5.69 Å². The first-order valence-corrected chi connectivity index (χ1v) is 11.7. The first-order valence-electron chi connectivity index (χ1n) is 10.7. The third kappa shape index (κ3) is 8.53. The van der Waals surface area contributed by atoms with Crippen molar-refractivity contribution >= 4 is 47.0 Å². The van der Waals surface area contributed by atoms with Gasteiger partial charge in [-0.2, -0.15) is 0 Å². The van der Waals surface area contributed by atoms with E-state index in [4.69, 9.17) is 11.5 Å². The molecule has 1 aliphatic rings. The first-order chi connectivity index (χ1) is 16.6. The number of nitrogens with two attached hydrogens (primary N) is 2. The molecule has 5 amide bonds. The normalized spacial score (nSPS) is 18.9. The molecule has 1 aromatic carbocycles. The second-order valence-electron chi connectivity index (χ2n) is 7.58. The summed E-state index contributed by atoms with van der Waals surface area (Å²) < 4.78 is 0. The number of thioether (sulfide) groups is 1. The molecular weight excluding hydrogens is 482 g/mol. The van der Waals surface area contributed by atoms with Gasteiger partial charge < -0.3 is 32.7 Å². The average molecular weight is 510 g/mol. The van der Waals surface area contributed by atoms with Crippen molar-refractivity contribution in [2.24, 2.45) is 11.5 Å². The Kier molecular flexibility index (Phi) is 10.4. The molecule has 2 atom stereocenters. The van der Waals surface area contributed by atoms with Gasteiger partial charge in [-0.25, -0.2) is 0 Å². The van der Waals surface area contributed by atoms with Gasteiger partial charge in [-0.15, -0.1) is 11.8 Å². The van der Waals surface area contributed by atoms with Crippen molar-refractivity contribution in [2.75, 3.05) is 25.4 Å². The number of hydrogen-bond donors (Lipinski definition) is 6. The molecule has 1 heterocycles. The highest BCUT2D eigenvalue weighted by Crippen LogP contribution is 2.28. The summed E-state index contributed by atoms with van der Waals surface area (Å²) in [6.45, 7) is -0.539. The molecule has 14 nitrogen and oxygen atoms in total. The van der Waals surface area contributed by atoms with Crippen LogP contribution in [-0.2, 0) is 19.2 Å². The fourth-order valence-electron chi connectivity index (χ4n) is 3.12. The second-order valence-corrected chi connectivity index (χ2v) is 8.64. The van der Waals surface area contributed by atoms with Crippen molar-refractivity contribution in [1.82, 2.24) is 21.3 Å². The van der Waals surface area contributed by atoms with Crippen LogP contribution in [0.1, 0.15) is 29.6 Å². The molecule has 0 fully saturated rings. The van der Waals surface area contributed by atoms with Crippen LogP contribution >= 0.6 is 11.8 Å². The number of amides is 5. The maximum absolute atomic E-state index is 13.1. The number of carbonyl (C=O) groups excluding carboxylic acids is 5. The van der Waals surface area contributed by atoms with E-state index in [2.05, 4.69) is 21.3 Å². The topological polar surface area (TPSA) is 229 Å². The lowest BCUT2D eigenvalue weighted by Crippen LogP contribution is -2.53. The van der Waals surface area contributed by atoms with Gasteiger partial charge in [-0.05, 0) is 31.9 Å². The summed E-state index contributed by atoms with van der Waals surface area (Å²) in [5.41, 5.74) is 10.1. The number of carbonyl (C=O) groups is 5. The zero-order valence-corrected chi connectivity index (χ0v) is 19.5. The molecule has 0 saturated carbocycles. The molecule has 0 aromatic heterocycles. The minimum atomic E-state index is -1.16. The van der Waals surface area contributed by atoms with Gasteiger partial charge in [0.15, 0.2) is 0 Å². The maximum atomic E-state index is 13.1. The molecule has 2 rings (SSSR count). The fourth-order valence-corrected chi connectivity index (χ4v) is 4.17. The molecule has 190 valence electrons. The Labute approximate surface area is 204 Å². The van der Waals surface area contributed by atoms with Crippen LogP contribution in [0, 0.1) is 10.1 Å². The Morgan fingerprint density at radius 1 is 1.20 bits per heavy atom. The lowest BCUT2D eigenvalue weighted by molar-refractivity contribution is -0.384. The molecule has 8 N–H and O–H groups in total. The van der Waals surface area contributed by atoms with E-state index in [-0.39, 0.29) is 28.3 Å². The largest absolute Gasteiger partial charge is 0.368 e. The van der Waals surface area contributed by atoms with Gasteiger partial charge >= 0.3 is 0 Å². The van der Waals surface area contributed by atoms with Crippen molar-refractivity contribution in [3.8, 4) is 0 Å². The quantitative estimate of drug-likeness (QED) is 0.131. The van der Waals surface area contributed by atoms with Crippen molar-refractivity contribution in [3.05, 3.63) is 33.9 Å². The molecule has 1 aliphatic heterocycles. The summed E-state index contributed by atoms with van der Waals surface area (Å²) in [5, 5.41) is 21.0. The van der Waals surface area contributed by atoms with Gasteiger partial charge in [0.05, 0.1) is 23.6 Å². The summed E-state index contributed by atoms with van der Waals surface area (Å²) in [7, 11) is 0. The van der Waals surface area contributed by atoms with Crippen LogP contribution in [0.15, 0.2) is 23.1 Å². The van der Waals surface area contributed by atoms with Crippen LogP contribution < -0.4 is 32.7 Å². The van der Waals surface area contributed by atoms with Crippen LogP contribution in [0.5, 0.6) is 0 Å². The standard InChI is InChI=1S/C20H27N7O7S/c21-6-2-1-3-13-19(31)24-9-17(29)25-14(20(32)23-8-16(22)28)10-35-15-5-4-11(27(33)34)7-12(15)18(30)26-13/h4-5,7,13-14H,1-3,6,8-10,21H2,(H2,22,28)(H,23,32)(H,24,31)(H,25,29)(H,26,30)/t13-,14-/m0/s1. The number of nitro groups is 1. The summed E-state index contributed by atoms with van der Waals surface area (Å²) in [4.78, 5) is 72.6. The highest BCUT2D eigenvalue weighted by Gasteiger charge is 2.28. The van der Waals surface area contributed by atoms with E-state index >= 15 is 0 Å². The lowest BCUT2D eigenvalue weighted by Gasteiger charge is -2.19. The third-order valence-corrected chi connectivity index (χ3v) is 6.07. The van der Waals surface area contributed by atoms with Gasteiger partial charge in [-0.1, -0.05) is 0 Å². The van der Waals surface area contributed by atoms with Crippen LogP contribution in [-0.4, -0.2) is 71.9 Å². The van der Waals surface area contributed by atoms with E-state index in [1.165, 1.54) is 12.1 Å². The number of rotatable bonds is 8. The van der Waals surface area contributed by atoms with E-state index in [1.54, 1.807) is 0 Å². The molecule has 0 radical (unpaired) electrons. The van der Waals surface area contributed by atoms with E-state index in [0.29, 0.717) is 19.4 Å². The lowest BCUT2D eigenvalue weighted by atomic mass is 10.1. The predicted molar refractivity (Wildman–Crippen MR) is 125 cm³/mol. The number of nitrogens with one attached hydrogen (secondary N) is 4. The van der Waals surface area contributed by atoms with Crippen LogP contribution in [0.25, 0.3) is 0 Å². The summed E-state index contributed by atoms with van der Waals surface area (Å²) in [5.74, 6) is -3.62. The molecular formula is C20H27N7O7S. The van der Waals surface area contributed by atoms with Crippen molar-refractivity contribution in [2.45, 2.75) is 36.2 Å².